The molecular formula is C30H35FN4O7S. The number of rotatable bonds is 12. The Kier molecular flexibility index (Phi) is 10.5. The molecule has 3 aromatic rings. The molecule has 0 fully saturated rings. The maximum absolute atomic E-state index is 14.9. The average Bonchev–Trinajstić information content (AvgIpc) is 2.93. The number of carbonyl (C=O) groups is 2. The Morgan fingerprint density at radius 1 is 1.05 bits per heavy atom. The summed E-state index contributed by atoms with van der Waals surface area (Å²) in [5.74, 6) is -2.02. The van der Waals surface area contributed by atoms with Crippen LogP contribution >= 0.6 is 0 Å². The summed E-state index contributed by atoms with van der Waals surface area (Å²) in [6, 6.07) is 16.8. The number of methoxy groups -OCH3 is 1. The van der Waals surface area contributed by atoms with Crippen LogP contribution in [0.1, 0.15) is 31.9 Å². The molecule has 0 aliphatic heterocycles. The zero-order valence-corrected chi connectivity index (χ0v) is 25.4. The highest BCUT2D eigenvalue weighted by atomic mass is 32.2. The van der Waals surface area contributed by atoms with Gasteiger partial charge in [0.25, 0.3) is 5.69 Å². The number of hydrogen-bond acceptors (Lipinski definition) is 7. The second-order valence-corrected chi connectivity index (χ2v) is 12.8. The van der Waals surface area contributed by atoms with Crippen LogP contribution in [0.25, 0.3) is 0 Å². The van der Waals surface area contributed by atoms with E-state index in [1.165, 1.54) is 31.4 Å². The van der Waals surface area contributed by atoms with Crippen LogP contribution in [0.4, 0.5) is 15.8 Å². The van der Waals surface area contributed by atoms with Gasteiger partial charge in [-0.3, -0.25) is 24.0 Å². The SMILES string of the molecule is COc1ccc([N+](=O)[O-])cc1N(CC(=O)N(Cc1ccccc1F)[C@@H](Cc1ccccc1)C(=O)NC(C)(C)C)S(C)(=O)=O. The molecular weight excluding hydrogens is 579 g/mol. The molecule has 0 saturated carbocycles. The highest BCUT2D eigenvalue weighted by Gasteiger charge is 2.35. The fraction of sp³-hybridized carbons (Fsp3) is 0.333. The molecule has 230 valence electrons. The Balaban J connectivity index is 2.16. The maximum atomic E-state index is 14.9. The second-order valence-electron chi connectivity index (χ2n) is 10.9. The van der Waals surface area contributed by atoms with Gasteiger partial charge in [-0.2, -0.15) is 0 Å². The highest BCUT2D eigenvalue weighted by molar-refractivity contribution is 7.92. The average molecular weight is 615 g/mol. The summed E-state index contributed by atoms with van der Waals surface area (Å²) < 4.78 is 46.9. The van der Waals surface area contributed by atoms with Crippen LogP contribution < -0.4 is 14.4 Å². The van der Waals surface area contributed by atoms with E-state index >= 15 is 0 Å². The van der Waals surface area contributed by atoms with Gasteiger partial charge >= 0.3 is 0 Å². The number of non-ortho nitro benzene ring substituents is 1. The lowest BCUT2D eigenvalue weighted by molar-refractivity contribution is -0.384. The molecule has 43 heavy (non-hydrogen) atoms. The largest absolute Gasteiger partial charge is 0.495 e. The van der Waals surface area contributed by atoms with Gasteiger partial charge in [-0.25, -0.2) is 12.8 Å². The molecule has 0 radical (unpaired) electrons. The number of ether oxygens (including phenoxy) is 1. The van der Waals surface area contributed by atoms with Gasteiger partial charge in [0.2, 0.25) is 21.8 Å². The molecule has 0 aliphatic rings. The van der Waals surface area contributed by atoms with Gasteiger partial charge in [0.1, 0.15) is 29.8 Å². The van der Waals surface area contributed by atoms with E-state index in [2.05, 4.69) is 5.32 Å². The summed E-state index contributed by atoms with van der Waals surface area (Å²) in [6.45, 7) is 4.11. The van der Waals surface area contributed by atoms with Crippen molar-refractivity contribution < 1.29 is 32.1 Å². The minimum Gasteiger partial charge on any atom is -0.495 e. The molecule has 2 amide bonds. The third kappa shape index (κ3) is 8.98. The number of nitrogens with one attached hydrogen (secondary N) is 1. The Morgan fingerprint density at radius 3 is 2.23 bits per heavy atom. The van der Waals surface area contributed by atoms with E-state index in [0.717, 1.165) is 23.3 Å². The highest BCUT2D eigenvalue weighted by Crippen LogP contribution is 2.34. The van der Waals surface area contributed by atoms with Crippen molar-refractivity contribution in [2.75, 3.05) is 24.2 Å². The maximum Gasteiger partial charge on any atom is 0.271 e. The molecule has 13 heteroatoms. The van der Waals surface area contributed by atoms with Crippen molar-refractivity contribution in [3.8, 4) is 5.75 Å². The van der Waals surface area contributed by atoms with Crippen molar-refractivity contribution in [2.24, 2.45) is 0 Å². The molecule has 0 aromatic heterocycles. The molecule has 0 aliphatic carbocycles. The van der Waals surface area contributed by atoms with Crippen LogP contribution in [0.15, 0.2) is 72.8 Å². The third-order valence-electron chi connectivity index (χ3n) is 6.39. The van der Waals surface area contributed by atoms with Crippen molar-refractivity contribution in [1.82, 2.24) is 10.2 Å². The van der Waals surface area contributed by atoms with Gasteiger partial charge in [0.15, 0.2) is 0 Å². The van der Waals surface area contributed by atoms with Gasteiger partial charge in [0, 0.05) is 36.2 Å². The lowest BCUT2D eigenvalue weighted by Crippen LogP contribution is -2.56. The Hall–Kier alpha value is -4.52. The third-order valence-corrected chi connectivity index (χ3v) is 7.52. The van der Waals surface area contributed by atoms with Crippen molar-refractivity contribution in [3.05, 3.63) is 99.9 Å². The number of nitro groups is 1. The second kappa shape index (κ2) is 13.6. The predicted octanol–water partition coefficient (Wildman–Crippen LogP) is 4.06. The standard InChI is InChI=1S/C30H35FN4O7S/c1-30(2,3)32-29(37)26(17-21-11-7-6-8-12-21)33(19-22-13-9-10-14-24(22)31)28(36)20-34(43(5,40)41)25-18-23(35(38)39)15-16-27(25)42-4/h6-16,18,26H,17,19-20H2,1-5H3,(H,32,37)/t26-/m0/s1. The normalized spacial score (nSPS) is 12.2. The number of hydrogen-bond donors (Lipinski definition) is 1. The lowest BCUT2D eigenvalue weighted by atomic mass is 10.0. The fourth-order valence-electron chi connectivity index (χ4n) is 4.40. The topological polar surface area (TPSA) is 139 Å². The van der Waals surface area contributed by atoms with E-state index in [9.17, 15) is 32.5 Å². The van der Waals surface area contributed by atoms with Gasteiger partial charge in [-0.1, -0.05) is 48.5 Å². The molecule has 1 N–H and O–H groups in total. The van der Waals surface area contributed by atoms with E-state index < -0.39 is 56.4 Å². The van der Waals surface area contributed by atoms with E-state index in [-0.39, 0.29) is 30.0 Å². The Labute approximate surface area is 250 Å². The van der Waals surface area contributed by atoms with Gasteiger partial charge in [-0.15, -0.1) is 0 Å². The molecule has 0 spiro atoms. The number of amides is 2. The number of nitro benzene ring substituents is 1. The quantitative estimate of drug-likeness (QED) is 0.240. The molecule has 3 aromatic carbocycles. The molecule has 1 atom stereocenters. The zero-order chi connectivity index (χ0) is 31.9. The van der Waals surface area contributed by atoms with Gasteiger partial charge < -0.3 is 15.0 Å². The summed E-state index contributed by atoms with van der Waals surface area (Å²) in [7, 11) is -2.97. The molecule has 11 nitrogen and oxygen atoms in total. The summed E-state index contributed by atoms with van der Waals surface area (Å²) in [4.78, 5) is 39.8. The Morgan fingerprint density at radius 2 is 1.67 bits per heavy atom. The first-order valence-electron chi connectivity index (χ1n) is 13.3. The van der Waals surface area contributed by atoms with E-state index in [1.807, 2.05) is 0 Å². The smallest absolute Gasteiger partial charge is 0.271 e. The predicted molar refractivity (Wildman–Crippen MR) is 161 cm³/mol. The van der Waals surface area contributed by atoms with E-state index in [1.54, 1.807) is 57.2 Å². The summed E-state index contributed by atoms with van der Waals surface area (Å²) >= 11 is 0. The molecule has 3 rings (SSSR count). The minimum absolute atomic E-state index is 0.0317. The van der Waals surface area contributed by atoms with Gasteiger partial charge in [-0.05, 0) is 38.5 Å². The van der Waals surface area contributed by atoms with Crippen molar-refractivity contribution >= 4 is 33.2 Å². The number of sulfonamides is 1. The fourth-order valence-corrected chi connectivity index (χ4v) is 5.24. The lowest BCUT2D eigenvalue weighted by Gasteiger charge is -2.35. The van der Waals surface area contributed by atoms with Gasteiger partial charge in [0.05, 0.1) is 18.3 Å². The van der Waals surface area contributed by atoms with Crippen molar-refractivity contribution in [1.29, 1.82) is 0 Å². The number of anilines is 1. The first-order chi connectivity index (χ1) is 20.1. The zero-order valence-electron chi connectivity index (χ0n) is 24.6. The number of nitrogens with zero attached hydrogens (tertiary/aromatic N) is 3. The van der Waals surface area contributed by atoms with E-state index in [0.29, 0.717) is 9.87 Å². The number of benzene rings is 3. The first kappa shape index (κ1) is 33.0. The van der Waals surface area contributed by atoms with E-state index in [4.69, 9.17) is 4.74 Å². The Bertz CT molecular complexity index is 1580. The summed E-state index contributed by atoms with van der Waals surface area (Å²) in [5.41, 5.74) is -0.531. The van der Waals surface area contributed by atoms with Crippen LogP contribution in [0, 0.1) is 15.9 Å². The van der Waals surface area contributed by atoms with Crippen LogP contribution in [-0.2, 0) is 32.6 Å². The van der Waals surface area contributed by atoms with Crippen LogP contribution in [-0.4, -0.2) is 61.5 Å². The molecule has 0 unspecified atom stereocenters. The monoisotopic (exact) mass is 614 g/mol. The van der Waals surface area contributed by atoms with Crippen molar-refractivity contribution in [2.45, 2.75) is 45.3 Å². The van der Waals surface area contributed by atoms with Crippen LogP contribution in [0.5, 0.6) is 5.75 Å². The first-order valence-corrected chi connectivity index (χ1v) is 15.1. The molecule has 0 bridgehead atoms. The van der Waals surface area contributed by atoms with Crippen molar-refractivity contribution in [3.63, 3.8) is 0 Å². The summed E-state index contributed by atoms with van der Waals surface area (Å²) in [6.07, 6.45) is 0.884. The summed E-state index contributed by atoms with van der Waals surface area (Å²) in [5, 5.41) is 14.4. The number of carbonyl (C=O) groups excluding carboxylic acids is 2. The minimum atomic E-state index is -4.23. The van der Waals surface area contributed by atoms with Crippen LogP contribution in [0.3, 0.4) is 0 Å². The molecule has 0 saturated heterocycles. The van der Waals surface area contributed by atoms with Crippen LogP contribution in [0.2, 0.25) is 0 Å². The number of halogens is 1. The molecule has 0 heterocycles.